The predicted octanol–water partition coefficient (Wildman–Crippen LogP) is 0.776. The van der Waals surface area contributed by atoms with Crippen molar-refractivity contribution in [2.75, 3.05) is 26.7 Å². The second-order valence-electron chi connectivity index (χ2n) is 9.56. The quantitative estimate of drug-likeness (QED) is 0.639. The number of amides is 3. The highest BCUT2D eigenvalue weighted by atomic mass is 16.2. The smallest absolute Gasteiger partial charge is 0.243 e. The molecule has 3 saturated heterocycles. The lowest BCUT2D eigenvalue weighted by atomic mass is 9.85. The second-order valence-corrected chi connectivity index (χ2v) is 9.56. The summed E-state index contributed by atoms with van der Waals surface area (Å²) in [6.07, 6.45) is 7.65. The van der Waals surface area contributed by atoms with Crippen molar-refractivity contribution < 1.29 is 14.4 Å². The largest absolute Gasteiger partial charge is 0.356 e. The van der Waals surface area contributed by atoms with E-state index in [1.165, 1.54) is 0 Å². The molecule has 3 amide bonds. The molecule has 2 N–H and O–H groups in total. The van der Waals surface area contributed by atoms with E-state index in [2.05, 4.69) is 21.6 Å². The van der Waals surface area contributed by atoms with E-state index in [9.17, 15) is 19.6 Å². The third kappa shape index (κ3) is 4.04. The van der Waals surface area contributed by atoms with Crippen molar-refractivity contribution in [3.63, 3.8) is 0 Å². The van der Waals surface area contributed by atoms with Crippen molar-refractivity contribution in [1.82, 2.24) is 20.4 Å². The van der Waals surface area contributed by atoms with Crippen molar-refractivity contribution in [2.45, 2.75) is 75.4 Å². The molecule has 3 aliphatic heterocycles. The molecule has 3 heterocycles. The Morgan fingerprint density at radius 2 is 2.03 bits per heavy atom. The molecule has 0 aromatic heterocycles. The fraction of sp³-hybridized carbons (Fsp3) is 0.818. The normalized spacial score (nSPS) is 31.5. The molecular weight excluding hydrogens is 382 g/mol. The number of hydrogen-bond acceptors (Lipinski definition) is 5. The molecule has 30 heavy (non-hydrogen) atoms. The van der Waals surface area contributed by atoms with Crippen molar-refractivity contribution in [2.24, 2.45) is 11.8 Å². The number of piperidine rings is 1. The second kappa shape index (κ2) is 8.54. The molecule has 4 fully saturated rings. The highest BCUT2D eigenvalue weighted by molar-refractivity contribution is 5.94. The minimum absolute atomic E-state index is 0.0453. The summed E-state index contributed by atoms with van der Waals surface area (Å²) < 4.78 is 0. The van der Waals surface area contributed by atoms with Crippen molar-refractivity contribution in [3.05, 3.63) is 0 Å². The Balaban J connectivity index is 1.45. The number of hydrogen-bond donors (Lipinski definition) is 2. The van der Waals surface area contributed by atoms with Gasteiger partial charge in [-0.3, -0.25) is 19.3 Å². The summed E-state index contributed by atoms with van der Waals surface area (Å²) in [4.78, 5) is 42.6. The summed E-state index contributed by atoms with van der Waals surface area (Å²) >= 11 is 0. The summed E-state index contributed by atoms with van der Waals surface area (Å²) in [7, 11) is 2.02. The first-order valence-corrected chi connectivity index (χ1v) is 11.4. The van der Waals surface area contributed by atoms with Crippen LogP contribution >= 0.6 is 0 Å². The molecule has 4 atom stereocenters. The monoisotopic (exact) mass is 415 g/mol. The number of nitriles is 1. The lowest BCUT2D eigenvalue weighted by Crippen LogP contribution is -2.58. The Morgan fingerprint density at radius 1 is 1.23 bits per heavy atom. The van der Waals surface area contributed by atoms with E-state index in [-0.39, 0.29) is 23.6 Å². The molecule has 1 saturated carbocycles. The Bertz CT molecular complexity index is 746. The van der Waals surface area contributed by atoms with E-state index in [0.29, 0.717) is 38.3 Å². The van der Waals surface area contributed by atoms with Crippen LogP contribution < -0.4 is 10.6 Å². The summed E-state index contributed by atoms with van der Waals surface area (Å²) in [5.74, 6) is 0.0423. The van der Waals surface area contributed by atoms with Gasteiger partial charge in [0, 0.05) is 19.0 Å². The van der Waals surface area contributed by atoms with Gasteiger partial charge in [-0.2, -0.15) is 5.26 Å². The molecule has 0 aromatic carbocycles. The highest BCUT2D eigenvalue weighted by Crippen LogP contribution is 2.40. The number of likely N-dealkylation sites (tertiary alicyclic amines) is 2. The van der Waals surface area contributed by atoms with Gasteiger partial charge in [0.25, 0.3) is 0 Å². The molecule has 1 spiro atoms. The van der Waals surface area contributed by atoms with Crippen LogP contribution in [0.4, 0.5) is 0 Å². The van der Waals surface area contributed by atoms with E-state index >= 15 is 0 Å². The maximum atomic E-state index is 13.5. The van der Waals surface area contributed by atoms with Crippen LogP contribution in [0, 0.1) is 23.2 Å². The molecule has 4 rings (SSSR count). The lowest BCUT2D eigenvalue weighted by Gasteiger charge is -2.41. The standard InChI is InChI=1S/C22H33N5O3/c1-26-10-3-2-7-22(26)8-11-27(21(22)30)18(12-15-4-5-15)20(29)25-17(14-23)13-16-6-9-24-19(16)28/h15-18H,2-13H2,1H3,(H,24,28)(H,25,29)/t16-,17-,18?,22?/m0/s1. The van der Waals surface area contributed by atoms with Crippen LogP contribution in [0.1, 0.15) is 57.8 Å². The van der Waals surface area contributed by atoms with Gasteiger partial charge in [-0.1, -0.05) is 12.8 Å². The molecule has 0 radical (unpaired) electrons. The molecule has 8 heteroatoms. The van der Waals surface area contributed by atoms with Crippen LogP contribution in [0.25, 0.3) is 0 Å². The third-order valence-electron chi connectivity index (χ3n) is 7.58. The van der Waals surface area contributed by atoms with Gasteiger partial charge in [-0.15, -0.1) is 0 Å². The number of likely N-dealkylation sites (N-methyl/N-ethyl adjacent to an activating group) is 1. The molecule has 4 aliphatic rings. The molecule has 1 aliphatic carbocycles. The van der Waals surface area contributed by atoms with Gasteiger partial charge < -0.3 is 15.5 Å². The van der Waals surface area contributed by atoms with E-state index in [1.807, 2.05) is 7.05 Å². The summed E-state index contributed by atoms with van der Waals surface area (Å²) in [6, 6.07) is 0.915. The number of carbonyl (C=O) groups excluding carboxylic acids is 3. The predicted molar refractivity (Wildman–Crippen MR) is 110 cm³/mol. The molecule has 0 bridgehead atoms. The molecule has 0 aromatic rings. The van der Waals surface area contributed by atoms with Gasteiger partial charge in [0.1, 0.15) is 17.6 Å². The lowest BCUT2D eigenvalue weighted by molar-refractivity contribution is -0.145. The zero-order chi connectivity index (χ0) is 21.3. The van der Waals surface area contributed by atoms with Crippen molar-refractivity contribution >= 4 is 17.7 Å². The number of nitrogens with zero attached hydrogens (tertiary/aromatic N) is 3. The first-order chi connectivity index (χ1) is 14.4. The van der Waals surface area contributed by atoms with Gasteiger partial charge >= 0.3 is 0 Å². The van der Waals surface area contributed by atoms with E-state index in [4.69, 9.17) is 0 Å². The van der Waals surface area contributed by atoms with E-state index in [1.54, 1.807) is 4.90 Å². The fourth-order valence-electron chi connectivity index (χ4n) is 5.45. The fourth-order valence-corrected chi connectivity index (χ4v) is 5.45. The van der Waals surface area contributed by atoms with E-state index < -0.39 is 17.6 Å². The first kappa shape index (κ1) is 21.1. The van der Waals surface area contributed by atoms with Crippen LogP contribution in [0.5, 0.6) is 0 Å². The van der Waals surface area contributed by atoms with Crippen molar-refractivity contribution in [1.29, 1.82) is 5.26 Å². The third-order valence-corrected chi connectivity index (χ3v) is 7.58. The van der Waals surface area contributed by atoms with Gasteiger partial charge in [0.2, 0.25) is 17.7 Å². The minimum Gasteiger partial charge on any atom is -0.356 e. The van der Waals surface area contributed by atoms with Crippen molar-refractivity contribution in [3.8, 4) is 6.07 Å². The average Bonchev–Trinajstić information content (AvgIpc) is 3.39. The van der Waals surface area contributed by atoms with Crippen LogP contribution in [0.3, 0.4) is 0 Å². The molecule has 2 unspecified atom stereocenters. The Kier molecular flexibility index (Phi) is 6.01. The maximum Gasteiger partial charge on any atom is 0.243 e. The number of rotatable bonds is 7. The molecule has 164 valence electrons. The maximum absolute atomic E-state index is 13.5. The Hall–Kier alpha value is -2.14. The Morgan fingerprint density at radius 3 is 2.67 bits per heavy atom. The van der Waals surface area contributed by atoms with Gasteiger partial charge in [-0.05, 0) is 64.5 Å². The van der Waals surface area contributed by atoms with Gasteiger partial charge in [0.15, 0.2) is 0 Å². The minimum atomic E-state index is -0.711. The van der Waals surface area contributed by atoms with E-state index in [0.717, 1.165) is 45.1 Å². The summed E-state index contributed by atoms with van der Waals surface area (Å²) in [5, 5.41) is 15.2. The topological polar surface area (TPSA) is 106 Å². The van der Waals surface area contributed by atoms with Crippen LogP contribution in [-0.4, -0.2) is 71.8 Å². The molecule has 8 nitrogen and oxygen atoms in total. The zero-order valence-electron chi connectivity index (χ0n) is 17.9. The summed E-state index contributed by atoms with van der Waals surface area (Å²) in [5.41, 5.74) is -0.461. The SMILES string of the molecule is CN1CCCCC12CCN(C(CC1CC1)C(=O)N[C@H](C#N)C[C@@H]1CCNC1=O)C2=O. The first-order valence-electron chi connectivity index (χ1n) is 11.4. The van der Waals surface area contributed by atoms with Crippen LogP contribution in [-0.2, 0) is 14.4 Å². The van der Waals surface area contributed by atoms with Crippen LogP contribution in [0.2, 0.25) is 0 Å². The summed E-state index contributed by atoms with van der Waals surface area (Å²) in [6.45, 7) is 2.13. The van der Waals surface area contributed by atoms with Gasteiger partial charge in [0.05, 0.1) is 6.07 Å². The number of carbonyl (C=O) groups is 3. The van der Waals surface area contributed by atoms with Crippen LogP contribution in [0.15, 0.2) is 0 Å². The molecular formula is C22H33N5O3. The number of nitrogens with one attached hydrogen (secondary N) is 2. The average molecular weight is 416 g/mol. The zero-order valence-corrected chi connectivity index (χ0v) is 17.9. The van der Waals surface area contributed by atoms with Gasteiger partial charge in [-0.25, -0.2) is 0 Å². The Labute approximate surface area is 178 Å². The highest BCUT2D eigenvalue weighted by Gasteiger charge is 2.53.